The number of ether oxygens (including phenoxy) is 1. The van der Waals surface area contributed by atoms with Crippen molar-refractivity contribution in [2.75, 3.05) is 0 Å². The fourth-order valence-corrected chi connectivity index (χ4v) is 4.43. The van der Waals surface area contributed by atoms with Gasteiger partial charge in [-0.15, -0.1) is 0 Å². The van der Waals surface area contributed by atoms with Gasteiger partial charge in [0, 0.05) is 12.1 Å². The molecule has 0 aliphatic carbocycles. The number of hydrogen-bond acceptors (Lipinski definition) is 3. The van der Waals surface area contributed by atoms with Crippen LogP contribution in [0.2, 0.25) is 0 Å². The summed E-state index contributed by atoms with van der Waals surface area (Å²) in [6.07, 6.45) is 6.02. The van der Waals surface area contributed by atoms with Crippen molar-refractivity contribution >= 4 is 6.09 Å². The van der Waals surface area contributed by atoms with E-state index in [1.54, 1.807) is 0 Å². The minimum Gasteiger partial charge on any atom is -0.445 e. The molecular weight excluding hydrogens is 326 g/mol. The Morgan fingerprint density at radius 3 is 2.38 bits per heavy atom. The van der Waals surface area contributed by atoms with E-state index in [1.165, 1.54) is 0 Å². The summed E-state index contributed by atoms with van der Waals surface area (Å²) < 4.78 is 5.59. The van der Waals surface area contributed by atoms with Gasteiger partial charge in [-0.3, -0.25) is 0 Å². The average Bonchev–Trinajstić information content (AvgIpc) is 2.58. The van der Waals surface area contributed by atoms with Crippen molar-refractivity contribution in [2.24, 2.45) is 5.41 Å². The van der Waals surface area contributed by atoms with Crippen molar-refractivity contribution in [3.05, 3.63) is 35.9 Å². The van der Waals surface area contributed by atoms with Gasteiger partial charge in [0.2, 0.25) is 0 Å². The molecular formula is C22H33NO3. The van der Waals surface area contributed by atoms with Crippen LogP contribution in [0.4, 0.5) is 4.79 Å². The number of piperidine rings is 2. The second kappa shape index (κ2) is 7.59. The topological polar surface area (TPSA) is 49.8 Å². The first-order valence-corrected chi connectivity index (χ1v) is 9.97. The van der Waals surface area contributed by atoms with E-state index < -0.39 is 5.60 Å². The van der Waals surface area contributed by atoms with E-state index in [2.05, 4.69) is 20.8 Å². The van der Waals surface area contributed by atoms with Crippen molar-refractivity contribution in [2.45, 2.75) is 90.0 Å². The number of benzene rings is 1. The number of amides is 1. The fourth-order valence-electron chi connectivity index (χ4n) is 4.43. The van der Waals surface area contributed by atoms with E-state index in [4.69, 9.17) is 4.74 Å². The van der Waals surface area contributed by atoms with E-state index in [-0.39, 0.29) is 23.6 Å². The van der Waals surface area contributed by atoms with Crippen molar-refractivity contribution in [3.63, 3.8) is 0 Å². The number of carbonyl (C=O) groups is 1. The van der Waals surface area contributed by atoms with Gasteiger partial charge >= 0.3 is 6.09 Å². The highest BCUT2D eigenvalue weighted by Crippen LogP contribution is 2.42. The van der Waals surface area contributed by atoms with Gasteiger partial charge in [-0.2, -0.15) is 0 Å². The van der Waals surface area contributed by atoms with Crippen LogP contribution in [0.15, 0.2) is 30.3 Å². The maximum Gasteiger partial charge on any atom is 0.410 e. The minimum absolute atomic E-state index is 0.107. The van der Waals surface area contributed by atoms with Crippen molar-refractivity contribution < 1.29 is 14.6 Å². The molecule has 1 aromatic carbocycles. The molecule has 144 valence electrons. The zero-order valence-corrected chi connectivity index (χ0v) is 16.4. The van der Waals surface area contributed by atoms with Crippen LogP contribution in [0, 0.1) is 5.41 Å². The van der Waals surface area contributed by atoms with Gasteiger partial charge in [0.15, 0.2) is 0 Å². The van der Waals surface area contributed by atoms with E-state index in [0.29, 0.717) is 19.4 Å². The highest BCUT2D eigenvalue weighted by atomic mass is 16.6. The molecule has 2 fully saturated rings. The molecule has 3 rings (SSSR count). The molecule has 26 heavy (non-hydrogen) atoms. The molecule has 2 aliphatic rings. The molecule has 4 heteroatoms. The number of carbonyl (C=O) groups excluding carboxylic acids is 1. The molecule has 2 heterocycles. The summed E-state index contributed by atoms with van der Waals surface area (Å²) in [5.41, 5.74) is 0.584. The summed E-state index contributed by atoms with van der Waals surface area (Å²) >= 11 is 0. The third-order valence-corrected chi connectivity index (χ3v) is 5.85. The quantitative estimate of drug-likeness (QED) is 0.832. The summed E-state index contributed by atoms with van der Waals surface area (Å²) in [6, 6.07) is 10.0. The van der Waals surface area contributed by atoms with Crippen LogP contribution in [0.5, 0.6) is 0 Å². The number of hydrogen-bond donors (Lipinski definition) is 1. The molecule has 2 aliphatic heterocycles. The molecule has 1 aromatic rings. The van der Waals surface area contributed by atoms with Crippen LogP contribution < -0.4 is 0 Å². The van der Waals surface area contributed by atoms with Gasteiger partial charge in [0.1, 0.15) is 6.61 Å². The van der Waals surface area contributed by atoms with Gasteiger partial charge in [-0.25, -0.2) is 4.79 Å². The molecule has 1 amide bonds. The lowest BCUT2D eigenvalue weighted by atomic mass is 9.72. The summed E-state index contributed by atoms with van der Waals surface area (Å²) in [7, 11) is 0. The van der Waals surface area contributed by atoms with E-state index in [0.717, 1.165) is 37.7 Å². The maximum atomic E-state index is 12.7. The zero-order chi connectivity index (χ0) is 18.8. The smallest absolute Gasteiger partial charge is 0.410 e. The molecule has 1 N–H and O–H groups in total. The fraction of sp³-hybridized carbons (Fsp3) is 0.682. The van der Waals surface area contributed by atoms with Crippen molar-refractivity contribution in [1.29, 1.82) is 0 Å². The van der Waals surface area contributed by atoms with Crippen LogP contribution in [0.3, 0.4) is 0 Å². The summed E-state index contributed by atoms with van der Waals surface area (Å²) in [5, 5.41) is 11.2. The van der Waals surface area contributed by atoms with Crippen molar-refractivity contribution in [3.8, 4) is 0 Å². The monoisotopic (exact) mass is 359 g/mol. The third-order valence-electron chi connectivity index (χ3n) is 5.85. The molecule has 2 unspecified atom stereocenters. The average molecular weight is 360 g/mol. The van der Waals surface area contributed by atoms with Crippen LogP contribution in [0.25, 0.3) is 0 Å². The molecule has 2 saturated heterocycles. The molecule has 4 nitrogen and oxygen atoms in total. The minimum atomic E-state index is -0.640. The normalized spacial score (nSPS) is 28.7. The Hall–Kier alpha value is -1.55. The maximum absolute atomic E-state index is 12.7. The molecule has 0 radical (unpaired) electrons. The first-order chi connectivity index (χ1) is 12.3. The van der Waals surface area contributed by atoms with Crippen LogP contribution in [0.1, 0.15) is 71.3 Å². The lowest BCUT2D eigenvalue weighted by Crippen LogP contribution is -2.60. The second-order valence-electron chi connectivity index (χ2n) is 9.38. The van der Waals surface area contributed by atoms with Gasteiger partial charge in [-0.05, 0) is 55.9 Å². The van der Waals surface area contributed by atoms with E-state index >= 15 is 0 Å². The Bertz CT molecular complexity index is 594. The third kappa shape index (κ3) is 4.79. The number of aliphatic hydroxyl groups is 1. The lowest BCUT2D eigenvalue weighted by Gasteiger charge is -2.51. The Labute approximate surface area is 157 Å². The predicted octanol–water partition coefficient (Wildman–Crippen LogP) is 4.90. The Morgan fingerprint density at radius 2 is 1.81 bits per heavy atom. The number of nitrogens with zero attached hydrogens (tertiary/aromatic N) is 1. The van der Waals surface area contributed by atoms with E-state index in [9.17, 15) is 9.90 Å². The van der Waals surface area contributed by atoms with Gasteiger partial charge < -0.3 is 14.7 Å². The highest BCUT2D eigenvalue weighted by molar-refractivity contribution is 5.69. The summed E-state index contributed by atoms with van der Waals surface area (Å²) in [5.74, 6) is 0. The Kier molecular flexibility index (Phi) is 5.61. The first kappa shape index (κ1) is 19.2. The largest absolute Gasteiger partial charge is 0.445 e. The molecule has 2 atom stereocenters. The Balaban J connectivity index is 1.62. The first-order valence-electron chi connectivity index (χ1n) is 9.97. The van der Waals surface area contributed by atoms with Gasteiger partial charge in [0.05, 0.1) is 5.60 Å². The highest BCUT2D eigenvalue weighted by Gasteiger charge is 2.47. The van der Waals surface area contributed by atoms with Crippen LogP contribution in [-0.4, -0.2) is 33.8 Å². The van der Waals surface area contributed by atoms with Crippen LogP contribution >= 0.6 is 0 Å². The molecule has 2 bridgehead atoms. The van der Waals surface area contributed by atoms with E-state index in [1.807, 2.05) is 35.2 Å². The lowest BCUT2D eigenvalue weighted by molar-refractivity contribution is -0.0927. The standard InChI is InChI=1S/C22H33NO3/c1-21(2,3)12-13-22(25)14-18-10-7-11-19(15-22)23(18)20(24)26-16-17-8-5-4-6-9-17/h4-6,8-9,18-19,25H,7,10-16H2,1-3H3. The summed E-state index contributed by atoms with van der Waals surface area (Å²) in [4.78, 5) is 14.7. The van der Waals surface area contributed by atoms with Gasteiger partial charge in [-0.1, -0.05) is 51.1 Å². The second-order valence-corrected chi connectivity index (χ2v) is 9.38. The molecule has 0 saturated carbocycles. The predicted molar refractivity (Wildman–Crippen MR) is 103 cm³/mol. The number of rotatable bonds is 4. The van der Waals surface area contributed by atoms with Crippen LogP contribution in [-0.2, 0) is 11.3 Å². The van der Waals surface area contributed by atoms with Crippen molar-refractivity contribution in [1.82, 2.24) is 4.90 Å². The molecule has 0 spiro atoms. The Morgan fingerprint density at radius 1 is 1.19 bits per heavy atom. The number of fused-ring (bicyclic) bond motifs is 2. The summed E-state index contributed by atoms with van der Waals surface area (Å²) in [6.45, 7) is 6.96. The molecule has 0 aromatic heterocycles. The van der Waals surface area contributed by atoms with Gasteiger partial charge in [0.25, 0.3) is 0 Å². The zero-order valence-electron chi connectivity index (χ0n) is 16.4. The SMILES string of the molecule is CC(C)(C)CCC1(O)CC2CCCC(C1)N2C(=O)OCc1ccccc1.